The van der Waals surface area contributed by atoms with Crippen LogP contribution in [0.1, 0.15) is 38.3 Å². The van der Waals surface area contributed by atoms with E-state index >= 15 is 0 Å². The monoisotopic (exact) mass is 273 g/mol. The van der Waals surface area contributed by atoms with Gasteiger partial charge in [0.15, 0.2) is 0 Å². The fraction of sp³-hybridized carbons (Fsp3) is 0.625. The fourth-order valence-corrected chi connectivity index (χ4v) is 2.78. The molecule has 1 aromatic heterocycles. The number of nitrogens with zero attached hydrogens (tertiary/aromatic N) is 2. The van der Waals surface area contributed by atoms with Crippen LogP contribution in [0, 0.1) is 5.92 Å². The highest BCUT2D eigenvalue weighted by atomic mass is 16.2. The molecule has 3 rings (SSSR count). The highest BCUT2D eigenvalue weighted by Gasteiger charge is 2.41. The maximum Gasteiger partial charge on any atom is 0.317 e. The predicted octanol–water partition coefficient (Wildman–Crippen LogP) is 2.60. The standard InChI is InChI=1S/C16H23N3O/c1-12(13-5-6-13)19(15-7-8-15)16(20)18-11-9-14-4-2-3-10-17-14/h2-4,10,12-13,15H,5-9,11H2,1H3,(H,18,20)/t12-/m1/s1. The van der Waals surface area contributed by atoms with Gasteiger partial charge in [0.2, 0.25) is 0 Å². The molecule has 0 aromatic carbocycles. The van der Waals surface area contributed by atoms with Crippen LogP contribution in [0.5, 0.6) is 0 Å². The number of aromatic nitrogens is 1. The van der Waals surface area contributed by atoms with Crippen LogP contribution in [-0.4, -0.2) is 34.5 Å². The average Bonchev–Trinajstić information content (AvgIpc) is 3.32. The van der Waals surface area contributed by atoms with E-state index < -0.39 is 0 Å². The molecule has 0 spiro atoms. The van der Waals surface area contributed by atoms with Crippen molar-refractivity contribution in [3.05, 3.63) is 30.1 Å². The molecule has 0 saturated heterocycles. The van der Waals surface area contributed by atoms with Crippen LogP contribution >= 0.6 is 0 Å². The molecule has 1 heterocycles. The smallest absolute Gasteiger partial charge is 0.317 e. The summed E-state index contributed by atoms with van der Waals surface area (Å²) in [5.74, 6) is 0.733. The number of pyridine rings is 1. The number of carbonyl (C=O) groups excluding carboxylic acids is 1. The third-order valence-electron chi connectivity index (χ3n) is 4.30. The number of urea groups is 1. The summed E-state index contributed by atoms with van der Waals surface area (Å²) in [6, 6.07) is 6.89. The summed E-state index contributed by atoms with van der Waals surface area (Å²) in [5.41, 5.74) is 1.03. The Morgan fingerprint density at radius 3 is 2.80 bits per heavy atom. The first-order chi connectivity index (χ1) is 9.75. The average molecular weight is 273 g/mol. The van der Waals surface area contributed by atoms with Gasteiger partial charge in [-0.15, -0.1) is 0 Å². The van der Waals surface area contributed by atoms with Gasteiger partial charge in [-0.2, -0.15) is 0 Å². The Labute approximate surface area is 120 Å². The molecule has 1 N–H and O–H groups in total. The Kier molecular flexibility index (Phi) is 3.90. The third kappa shape index (κ3) is 3.30. The molecule has 2 fully saturated rings. The highest BCUT2D eigenvalue weighted by molar-refractivity contribution is 5.75. The summed E-state index contributed by atoms with van der Waals surface area (Å²) in [6.07, 6.45) is 7.50. The van der Waals surface area contributed by atoms with Gasteiger partial charge in [-0.1, -0.05) is 6.07 Å². The van der Waals surface area contributed by atoms with Gasteiger partial charge in [-0.3, -0.25) is 4.98 Å². The first kappa shape index (κ1) is 13.4. The summed E-state index contributed by atoms with van der Waals surface area (Å²) in [6.45, 7) is 2.87. The van der Waals surface area contributed by atoms with E-state index in [9.17, 15) is 4.79 Å². The van der Waals surface area contributed by atoms with Crippen molar-refractivity contribution in [1.29, 1.82) is 0 Å². The van der Waals surface area contributed by atoms with Crippen LogP contribution in [0.15, 0.2) is 24.4 Å². The van der Waals surface area contributed by atoms with Gasteiger partial charge < -0.3 is 10.2 Å². The second-order valence-electron chi connectivity index (χ2n) is 6.02. The van der Waals surface area contributed by atoms with E-state index in [1.807, 2.05) is 18.2 Å². The minimum absolute atomic E-state index is 0.114. The zero-order chi connectivity index (χ0) is 13.9. The summed E-state index contributed by atoms with van der Waals surface area (Å²) >= 11 is 0. The molecule has 0 radical (unpaired) electrons. The van der Waals surface area contributed by atoms with Crippen molar-refractivity contribution in [1.82, 2.24) is 15.2 Å². The van der Waals surface area contributed by atoms with Crippen molar-refractivity contribution in [2.24, 2.45) is 5.92 Å². The Morgan fingerprint density at radius 1 is 1.40 bits per heavy atom. The van der Waals surface area contributed by atoms with E-state index in [0.29, 0.717) is 18.6 Å². The van der Waals surface area contributed by atoms with Crippen LogP contribution < -0.4 is 5.32 Å². The van der Waals surface area contributed by atoms with Crippen LogP contribution in [0.25, 0.3) is 0 Å². The first-order valence-corrected chi connectivity index (χ1v) is 7.72. The maximum atomic E-state index is 12.4. The van der Waals surface area contributed by atoms with E-state index in [-0.39, 0.29) is 6.03 Å². The zero-order valence-electron chi connectivity index (χ0n) is 12.1. The number of carbonyl (C=O) groups is 1. The van der Waals surface area contributed by atoms with Gasteiger partial charge in [0.1, 0.15) is 0 Å². The van der Waals surface area contributed by atoms with Crippen molar-refractivity contribution >= 4 is 6.03 Å². The van der Waals surface area contributed by atoms with Crippen molar-refractivity contribution in [3.63, 3.8) is 0 Å². The zero-order valence-corrected chi connectivity index (χ0v) is 12.1. The lowest BCUT2D eigenvalue weighted by Crippen LogP contribution is -2.47. The molecule has 0 aliphatic heterocycles. The van der Waals surface area contributed by atoms with Gasteiger partial charge in [0, 0.05) is 36.9 Å². The molecule has 1 aromatic rings. The summed E-state index contributed by atoms with van der Waals surface area (Å²) in [4.78, 5) is 18.8. The van der Waals surface area contributed by atoms with Gasteiger partial charge in [-0.05, 0) is 50.7 Å². The Balaban J connectivity index is 1.49. The van der Waals surface area contributed by atoms with Crippen LogP contribution in [0.3, 0.4) is 0 Å². The second kappa shape index (κ2) is 5.81. The molecule has 108 valence electrons. The Morgan fingerprint density at radius 2 is 2.20 bits per heavy atom. The molecular weight excluding hydrogens is 250 g/mol. The normalized spacial score (nSPS) is 19.4. The number of rotatable bonds is 6. The minimum Gasteiger partial charge on any atom is -0.338 e. The van der Waals surface area contributed by atoms with E-state index in [1.54, 1.807) is 6.20 Å². The fourth-order valence-electron chi connectivity index (χ4n) is 2.78. The number of amides is 2. The Hall–Kier alpha value is -1.58. The lowest BCUT2D eigenvalue weighted by Gasteiger charge is -2.29. The molecule has 0 bridgehead atoms. The lowest BCUT2D eigenvalue weighted by molar-refractivity contribution is 0.167. The Bertz CT molecular complexity index is 454. The van der Waals surface area contributed by atoms with Gasteiger partial charge >= 0.3 is 6.03 Å². The molecule has 2 aliphatic rings. The van der Waals surface area contributed by atoms with Crippen molar-refractivity contribution in [3.8, 4) is 0 Å². The molecule has 2 saturated carbocycles. The topological polar surface area (TPSA) is 45.2 Å². The predicted molar refractivity (Wildman–Crippen MR) is 78.4 cm³/mol. The molecule has 4 nitrogen and oxygen atoms in total. The van der Waals surface area contributed by atoms with Gasteiger partial charge in [-0.25, -0.2) is 4.79 Å². The summed E-state index contributed by atoms with van der Waals surface area (Å²) in [7, 11) is 0. The number of hydrogen-bond acceptors (Lipinski definition) is 2. The molecule has 1 atom stereocenters. The number of hydrogen-bond donors (Lipinski definition) is 1. The van der Waals surface area contributed by atoms with Crippen LogP contribution in [0.2, 0.25) is 0 Å². The number of nitrogens with one attached hydrogen (secondary N) is 1. The van der Waals surface area contributed by atoms with E-state index in [4.69, 9.17) is 0 Å². The summed E-state index contributed by atoms with van der Waals surface area (Å²) in [5, 5.41) is 3.06. The molecule has 2 aliphatic carbocycles. The van der Waals surface area contributed by atoms with Gasteiger partial charge in [0.05, 0.1) is 0 Å². The SMILES string of the molecule is C[C@H](C1CC1)N(C(=O)NCCc1ccccn1)C1CC1. The highest BCUT2D eigenvalue weighted by Crippen LogP contribution is 2.39. The van der Waals surface area contributed by atoms with E-state index in [1.165, 1.54) is 25.7 Å². The van der Waals surface area contributed by atoms with Crippen LogP contribution in [-0.2, 0) is 6.42 Å². The molecule has 4 heteroatoms. The second-order valence-corrected chi connectivity index (χ2v) is 6.02. The maximum absolute atomic E-state index is 12.4. The molecule has 2 amide bonds. The molecule has 0 unspecified atom stereocenters. The van der Waals surface area contributed by atoms with Crippen LogP contribution in [0.4, 0.5) is 4.79 Å². The first-order valence-electron chi connectivity index (χ1n) is 7.72. The molecular formula is C16H23N3O. The molecule has 20 heavy (non-hydrogen) atoms. The van der Waals surface area contributed by atoms with E-state index in [2.05, 4.69) is 22.1 Å². The van der Waals surface area contributed by atoms with Crippen molar-refractivity contribution < 1.29 is 4.79 Å². The largest absolute Gasteiger partial charge is 0.338 e. The third-order valence-corrected chi connectivity index (χ3v) is 4.30. The quantitative estimate of drug-likeness (QED) is 0.866. The van der Waals surface area contributed by atoms with Crippen molar-refractivity contribution in [2.75, 3.05) is 6.54 Å². The lowest BCUT2D eigenvalue weighted by atomic mass is 10.2. The minimum atomic E-state index is 0.114. The van der Waals surface area contributed by atoms with Gasteiger partial charge in [0.25, 0.3) is 0 Å². The summed E-state index contributed by atoms with van der Waals surface area (Å²) < 4.78 is 0. The van der Waals surface area contributed by atoms with E-state index in [0.717, 1.165) is 18.0 Å². The van der Waals surface area contributed by atoms with Crippen molar-refractivity contribution in [2.45, 2.75) is 51.1 Å².